The number of nitrogens with zero attached hydrogens (tertiary/aromatic N) is 5. The summed E-state index contributed by atoms with van der Waals surface area (Å²) < 4.78 is 2.25. The lowest BCUT2D eigenvalue weighted by Gasteiger charge is -2.25. The third-order valence-corrected chi connectivity index (χ3v) is 7.00. The Hall–Kier alpha value is -3.13. The fourth-order valence-corrected chi connectivity index (χ4v) is 4.94. The van der Waals surface area contributed by atoms with Crippen LogP contribution in [-0.4, -0.2) is 46.7 Å². The SMILES string of the molecule is Cc1ccc(-c2nnc(SCC(=O)N/N=C/c3ccc(N(C)C)cc3)n2C2CCCCC2)cc1. The zero-order valence-electron chi connectivity index (χ0n) is 20.1. The molecular formula is C26H32N6OS. The van der Waals surface area contributed by atoms with E-state index in [4.69, 9.17) is 0 Å². The zero-order valence-corrected chi connectivity index (χ0v) is 20.9. The van der Waals surface area contributed by atoms with Gasteiger partial charge in [-0.3, -0.25) is 9.36 Å². The molecule has 1 heterocycles. The van der Waals surface area contributed by atoms with Crippen LogP contribution in [0.2, 0.25) is 0 Å². The summed E-state index contributed by atoms with van der Waals surface area (Å²) in [6, 6.07) is 16.7. The minimum absolute atomic E-state index is 0.166. The van der Waals surface area contributed by atoms with Crippen LogP contribution < -0.4 is 10.3 Å². The lowest BCUT2D eigenvalue weighted by atomic mass is 9.95. The average molecular weight is 477 g/mol. The van der Waals surface area contributed by atoms with Gasteiger partial charge in [0, 0.05) is 31.4 Å². The maximum Gasteiger partial charge on any atom is 0.250 e. The van der Waals surface area contributed by atoms with Crippen LogP contribution in [0.1, 0.15) is 49.3 Å². The summed E-state index contributed by atoms with van der Waals surface area (Å²) in [6.45, 7) is 2.08. The normalized spacial score (nSPS) is 14.4. The molecule has 1 N–H and O–H groups in total. The number of hydrogen-bond donors (Lipinski definition) is 1. The van der Waals surface area contributed by atoms with Crippen LogP contribution in [-0.2, 0) is 4.79 Å². The monoisotopic (exact) mass is 476 g/mol. The molecule has 3 aromatic rings. The highest BCUT2D eigenvalue weighted by Crippen LogP contribution is 2.35. The van der Waals surface area contributed by atoms with Crippen LogP contribution in [0.5, 0.6) is 0 Å². The number of anilines is 1. The fraction of sp³-hybridized carbons (Fsp3) is 0.385. The van der Waals surface area contributed by atoms with Crippen LogP contribution in [0.15, 0.2) is 58.8 Å². The molecule has 7 nitrogen and oxygen atoms in total. The summed E-state index contributed by atoms with van der Waals surface area (Å²) in [5, 5.41) is 13.9. The highest BCUT2D eigenvalue weighted by Gasteiger charge is 2.24. The standard InChI is InChI=1S/C26H32N6OS/c1-19-9-13-21(14-10-19)25-29-30-26(32(25)23-7-5-4-6-8-23)34-18-24(33)28-27-17-20-11-15-22(16-12-20)31(2)3/h9-17,23H,4-8,18H2,1-3H3,(H,28,33)/b27-17+. The Balaban J connectivity index is 1.41. The van der Waals surface area contributed by atoms with Crippen molar-refractivity contribution in [2.75, 3.05) is 24.7 Å². The number of benzene rings is 2. The molecule has 2 aromatic carbocycles. The van der Waals surface area contributed by atoms with E-state index < -0.39 is 0 Å². The minimum Gasteiger partial charge on any atom is -0.378 e. The average Bonchev–Trinajstić information content (AvgIpc) is 3.28. The highest BCUT2D eigenvalue weighted by molar-refractivity contribution is 7.99. The van der Waals surface area contributed by atoms with Crippen molar-refractivity contribution in [3.05, 3.63) is 59.7 Å². The van der Waals surface area contributed by atoms with Gasteiger partial charge in [-0.2, -0.15) is 5.10 Å². The van der Waals surface area contributed by atoms with Crippen molar-refractivity contribution in [2.45, 2.75) is 50.2 Å². The number of hydrazone groups is 1. The number of aromatic nitrogens is 3. The van der Waals surface area contributed by atoms with Gasteiger partial charge in [0.1, 0.15) is 0 Å². The van der Waals surface area contributed by atoms with E-state index >= 15 is 0 Å². The molecule has 8 heteroatoms. The van der Waals surface area contributed by atoms with E-state index in [9.17, 15) is 4.79 Å². The van der Waals surface area contributed by atoms with Gasteiger partial charge >= 0.3 is 0 Å². The Labute approximate surface area is 205 Å². The first-order valence-electron chi connectivity index (χ1n) is 11.8. The van der Waals surface area contributed by atoms with Gasteiger partial charge in [-0.05, 0) is 37.5 Å². The topological polar surface area (TPSA) is 75.4 Å². The molecule has 1 saturated carbocycles. The summed E-state index contributed by atoms with van der Waals surface area (Å²) in [6.07, 6.45) is 7.60. The maximum absolute atomic E-state index is 12.4. The lowest BCUT2D eigenvalue weighted by Crippen LogP contribution is -2.20. The molecule has 0 saturated heterocycles. The second-order valence-electron chi connectivity index (χ2n) is 8.90. The molecule has 0 bridgehead atoms. The molecule has 0 unspecified atom stereocenters. The number of carbonyl (C=O) groups is 1. The molecule has 4 rings (SSSR count). The number of rotatable bonds is 8. The molecule has 1 fully saturated rings. The van der Waals surface area contributed by atoms with E-state index in [2.05, 4.69) is 56.5 Å². The Morgan fingerprint density at radius 3 is 2.47 bits per heavy atom. The van der Waals surface area contributed by atoms with Crippen LogP contribution in [0.3, 0.4) is 0 Å². The van der Waals surface area contributed by atoms with Gasteiger partial charge in [0.05, 0.1) is 12.0 Å². The van der Waals surface area contributed by atoms with Crippen molar-refractivity contribution in [3.63, 3.8) is 0 Å². The Morgan fingerprint density at radius 2 is 1.79 bits per heavy atom. The Kier molecular flexibility index (Phi) is 8.00. The Morgan fingerprint density at radius 1 is 1.09 bits per heavy atom. The van der Waals surface area contributed by atoms with Gasteiger partial charge in [0.15, 0.2) is 11.0 Å². The number of hydrogen-bond acceptors (Lipinski definition) is 6. The zero-order chi connectivity index (χ0) is 23.9. The molecule has 34 heavy (non-hydrogen) atoms. The molecular weight excluding hydrogens is 444 g/mol. The quantitative estimate of drug-likeness (QED) is 0.279. The first-order chi connectivity index (χ1) is 16.5. The summed E-state index contributed by atoms with van der Waals surface area (Å²) in [4.78, 5) is 14.5. The summed E-state index contributed by atoms with van der Waals surface area (Å²) in [7, 11) is 4.00. The van der Waals surface area contributed by atoms with Crippen molar-refractivity contribution < 1.29 is 4.79 Å². The molecule has 178 valence electrons. The molecule has 0 spiro atoms. The van der Waals surface area contributed by atoms with E-state index in [1.807, 2.05) is 43.3 Å². The van der Waals surface area contributed by atoms with Crippen molar-refractivity contribution >= 4 is 29.6 Å². The highest BCUT2D eigenvalue weighted by atomic mass is 32.2. The molecule has 0 aliphatic heterocycles. The molecule has 0 radical (unpaired) electrons. The number of amides is 1. The van der Waals surface area contributed by atoms with Crippen molar-refractivity contribution in [1.29, 1.82) is 0 Å². The number of thioether (sulfide) groups is 1. The van der Waals surface area contributed by atoms with Crippen molar-refractivity contribution in [2.24, 2.45) is 5.10 Å². The third-order valence-electron chi connectivity index (χ3n) is 6.06. The molecule has 0 atom stereocenters. The molecule has 1 aliphatic carbocycles. The largest absolute Gasteiger partial charge is 0.378 e. The van der Waals surface area contributed by atoms with Crippen molar-refractivity contribution in [1.82, 2.24) is 20.2 Å². The van der Waals surface area contributed by atoms with Gasteiger partial charge in [0.2, 0.25) is 0 Å². The molecule has 1 aliphatic rings. The van der Waals surface area contributed by atoms with E-state index in [0.717, 1.165) is 40.6 Å². The molecule has 1 aromatic heterocycles. The summed E-state index contributed by atoms with van der Waals surface area (Å²) in [5.41, 5.74) is 6.94. The van der Waals surface area contributed by atoms with Gasteiger partial charge in [0.25, 0.3) is 5.91 Å². The summed E-state index contributed by atoms with van der Waals surface area (Å²) >= 11 is 1.42. The summed E-state index contributed by atoms with van der Waals surface area (Å²) in [5.74, 6) is 0.950. The second-order valence-corrected chi connectivity index (χ2v) is 9.84. The van der Waals surface area contributed by atoms with E-state index in [1.165, 1.54) is 36.6 Å². The molecule has 1 amide bonds. The van der Waals surface area contributed by atoms with Gasteiger partial charge in [-0.1, -0.05) is 73.0 Å². The van der Waals surface area contributed by atoms with E-state index in [-0.39, 0.29) is 11.7 Å². The van der Waals surface area contributed by atoms with Crippen LogP contribution in [0.4, 0.5) is 5.69 Å². The van der Waals surface area contributed by atoms with Crippen LogP contribution >= 0.6 is 11.8 Å². The predicted octanol–water partition coefficient (Wildman–Crippen LogP) is 5.07. The first-order valence-corrected chi connectivity index (χ1v) is 12.7. The third kappa shape index (κ3) is 6.05. The van der Waals surface area contributed by atoms with Gasteiger partial charge in [-0.15, -0.1) is 10.2 Å². The number of nitrogens with one attached hydrogen (secondary N) is 1. The predicted molar refractivity (Wildman–Crippen MR) is 140 cm³/mol. The van der Waals surface area contributed by atoms with Gasteiger partial charge < -0.3 is 4.90 Å². The van der Waals surface area contributed by atoms with E-state index in [0.29, 0.717) is 6.04 Å². The maximum atomic E-state index is 12.4. The smallest absolute Gasteiger partial charge is 0.250 e. The second kappa shape index (κ2) is 11.3. The Bertz CT molecular complexity index is 1120. The number of aryl methyl sites for hydroxylation is 1. The first kappa shape index (κ1) is 24.0. The van der Waals surface area contributed by atoms with Gasteiger partial charge in [-0.25, -0.2) is 5.43 Å². The minimum atomic E-state index is -0.166. The fourth-order valence-electron chi connectivity index (χ4n) is 4.14. The number of carbonyl (C=O) groups excluding carboxylic acids is 1. The lowest BCUT2D eigenvalue weighted by molar-refractivity contribution is -0.118. The van der Waals surface area contributed by atoms with Crippen molar-refractivity contribution in [3.8, 4) is 11.4 Å². The van der Waals surface area contributed by atoms with Crippen LogP contribution in [0, 0.1) is 6.92 Å². The van der Waals surface area contributed by atoms with Crippen LogP contribution in [0.25, 0.3) is 11.4 Å². The van der Waals surface area contributed by atoms with E-state index in [1.54, 1.807) is 6.21 Å².